The predicted molar refractivity (Wildman–Crippen MR) is 91.5 cm³/mol. The normalized spacial score (nSPS) is 10.5. The van der Waals surface area contributed by atoms with Crippen molar-refractivity contribution >= 4 is 17.3 Å². The van der Waals surface area contributed by atoms with E-state index in [0.29, 0.717) is 12.2 Å². The number of halogens is 1. The van der Waals surface area contributed by atoms with Crippen LogP contribution in [0.1, 0.15) is 5.56 Å². The maximum absolute atomic E-state index is 11.7. The van der Waals surface area contributed by atoms with Gasteiger partial charge < -0.3 is 5.32 Å². The first kappa shape index (κ1) is 15.2. The highest BCUT2D eigenvalue weighted by Gasteiger charge is 2.07. The molecule has 0 atom stereocenters. The van der Waals surface area contributed by atoms with Crippen LogP contribution in [0.4, 0.5) is 5.69 Å². The molecule has 0 unspecified atom stereocenters. The molecule has 0 radical (unpaired) electrons. The average molecular weight is 327 g/mol. The SMILES string of the molecule is Cn1ncc(NCc2ccc(-c3cccnc3)cc2)c(Cl)c1=O. The smallest absolute Gasteiger partial charge is 0.287 e. The summed E-state index contributed by atoms with van der Waals surface area (Å²) in [5, 5.41) is 7.24. The first-order valence-corrected chi connectivity index (χ1v) is 7.48. The summed E-state index contributed by atoms with van der Waals surface area (Å²) >= 11 is 6.03. The fourth-order valence-corrected chi connectivity index (χ4v) is 2.42. The molecule has 0 saturated heterocycles. The highest BCUT2D eigenvalue weighted by molar-refractivity contribution is 6.32. The van der Waals surface area contributed by atoms with Crippen LogP contribution >= 0.6 is 11.6 Å². The van der Waals surface area contributed by atoms with Gasteiger partial charge in [-0.05, 0) is 22.8 Å². The van der Waals surface area contributed by atoms with Crippen molar-refractivity contribution in [3.63, 3.8) is 0 Å². The van der Waals surface area contributed by atoms with E-state index in [4.69, 9.17) is 11.6 Å². The molecule has 2 aromatic heterocycles. The summed E-state index contributed by atoms with van der Waals surface area (Å²) in [7, 11) is 1.56. The van der Waals surface area contributed by atoms with E-state index in [1.165, 1.54) is 4.68 Å². The standard InChI is InChI=1S/C17H15ClN4O/c1-22-17(23)16(18)15(11-21-22)20-9-12-4-6-13(7-5-12)14-3-2-8-19-10-14/h2-8,10-11,20H,9H2,1H3. The third kappa shape index (κ3) is 3.40. The number of nitrogens with one attached hydrogen (secondary N) is 1. The van der Waals surface area contributed by atoms with Gasteiger partial charge in [0.05, 0.1) is 11.9 Å². The van der Waals surface area contributed by atoms with Crippen molar-refractivity contribution in [1.29, 1.82) is 0 Å². The van der Waals surface area contributed by atoms with Crippen molar-refractivity contribution in [2.24, 2.45) is 7.05 Å². The second-order valence-electron chi connectivity index (χ2n) is 5.09. The Hall–Kier alpha value is -2.66. The van der Waals surface area contributed by atoms with Gasteiger partial charge in [-0.1, -0.05) is 41.9 Å². The summed E-state index contributed by atoms with van der Waals surface area (Å²) in [4.78, 5) is 15.8. The van der Waals surface area contributed by atoms with Crippen LogP contribution in [0.3, 0.4) is 0 Å². The number of benzene rings is 1. The van der Waals surface area contributed by atoms with Crippen molar-refractivity contribution in [3.05, 3.63) is 75.9 Å². The number of aromatic nitrogens is 3. The van der Waals surface area contributed by atoms with Gasteiger partial charge in [0.15, 0.2) is 0 Å². The van der Waals surface area contributed by atoms with Crippen molar-refractivity contribution in [2.45, 2.75) is 6.54 Å². The van der Waals surface area contributed by atoms with Crippen LogP contribution in [-0.4, -0.2) is 14.8 Å². The third-order valence-corrected chi connectivity index (χ3v) is 3.88. The molecule has 0 aliphatic carbocycles. The highest BCUT2D eigenvalue weighted by atomic mass is 35.5. The van der Waals surface area contributed by atoms with Crippen molar-refractivity contribution < 1.29 is 0 Å². The van der Waals surface area contributed by atoms with Gasteiger partial charge in [0.2, 0.25) is 0 Å². The number of hydrogen-bond acceptors (Lipinski definition) is 4. The molecule has 116 valence electrons. The Kier molecular flexibility index (Phi) is 4.39. The molecule has 0 fully saturated rings. The fourth-order valence-electron chi connectivity index (χ4n) is 2.18. The Balaban J connectivity index is 1.72. The van der Waals surface area contributed by atoms with Crippen molar-refractivity contribution in [2.75, 3.05) is 5.32 Å². The quantitative estimate of drug-likeness (QED) is 0.800. The Morgan fingerprint density at radius 3 is 2.61 bits per heavy atom. The van der Waals surface area contributed by atoms with Crippen LogP contribution in [0.2, 0.25) is 5.02 Å². The number of anilines is 1. The lowest BCUT2D eigenvalue weighted by Crippen LogP contribution is -2.21. The van der Waals surface area contributed by atoms with Gasteiger partial charge in [0.1, 0.15) is 5.02 Å². The van der Waals surface area contributed by atoms with E-state index in [9.17, 15) is 4.79 Å². The maximum Gasteiger partial charge on any atom is 0.287 e. The summed E-state index contributed by atoms with van der Waals surface area (Å²) in [6.45, 7) is 0.557. The minimum Gasteiger partial charge on any atom is -0.378 e. The zero-order valence-electron chi connectivity index (χ0n) is 12.5. The van der Waals surface area contributed by atoms with E-state index in [1.54, 1.807) is 19.4 Å². The summed E-state index contributed by atoms with van der Waals surface area (Å²) in [5.41, 5.74) is 3.48. The molecule has 5 nitrogen and oxygen atoms in total. The van der Waals surface area contributed by atoms with Crippen LogP contribution < -0.4 is 10.9 Å². The van der Waals surface area contributed by atoms with E-state index < -0.39 is 0 Å². The lowest BCUT2D eigenvalue weighted by Gasteiger charge is -2.09. The van der Waals surface area contributed by atoms with Gasteiger partial charge in [-0.25, -0.2) is 4.68 Å². The second kappa shape index (κ2) is 6.62. The van der Waals surface area contributed by atoms with Crippen LogP contribution in [0, 0.1) is 0 Å². The van der Waals surface area contributed by atoms with E-state index in [0.717, 1.165) is 16.7 Å². The molecule has 3 rings (SSSR count). The first-order valence-electron chi connectivity index (χ1n) is 7.10. The van der Waals surface area contributed by atoms with Gasteiger partial charge in [-0.3, -0.25) is 9.78 Å². The summed E-state index contributed by atoms with van der Waals surface area (Å²) in [5.74, 6) is 0. The molecule has 1 aromatic carbocycles. The zero-order valence-corrected chi connectivity index (χ0v) is 13.3. The van der Waals surface area contributed by atoms with E-state index in [-0.39, 0.29) is 10.6 Å². The van der Waals surface area contributed by atoms with Gasteiger partial charge in [-0.2, -0.15) is 5.10 Å². The van der Waals surface area contributed by atoms with E-state index >= 15 is 0 Å². The largest absolute Gasteiger partial charge is 0.378 e. The van der Waals surface area contributed by atoms with E-state index in [1.807, 2.05) is 42.6 Å². The number of hydrogen-bond donors (Lipinski definition) is 1. The predicted octanol–water partition coefficient (Wildman–Crippen LogP) is 3.11. The van der Waals surface area contributed by atoms with Crippen molar-refractivity contribution in [3.8, 4) is 11.1 Å². The average Bonchev–Trinajstić information content (AvgIpc) is 2.60. The molecule has 2 heterocycles. The Morgan fingerprint density at radius 1 is 1.13 bits per heavy atom. The minimum atomic E-state index is -0.316. The Bertz CT molecular complexity index is 860. The monoisotopic (exact) mass is 326 g/mol. The Labute approximate surface area is 138 Å². The molecule has 0 saturated carbocycles. The molecule has 0 bridgehead atoms. The van der Waals surface area contributed by atoms with Crippen LogP contribution in [0.5, 0.6) is 0 Å². The van der Waals surface area contributed by atoms with Crippen molar-refractivity contribution in [1.82, 2.24) is 14.8 Å². The summed E-state index contributed by atoms with van der Waals surface area (Å²) in [6, 6.07) is 12.1. The van der Waals surface area contributed by atoms with Gasteiger partial charge >= 0.3 is 0 Å². The molecule has 1 N–H and O–H groups in total. The number of pyridine rings is 1. The summed E-state index contributed by atoms with van der Waals surface area (Å²) < 4.78 is 1.20. The zero-order chi connectivity index (χ0) is 16.2. The van der Waals surface area contributed by atoms with Crippen LogP contribution in [0.25, 0.3) is 11.1 Å². The van der Waals surface area contributed by atoms with Gasteiger partial charge in [-0.15, -0.1) is 0 Å². The molecule has 3 aromatic rings. The topological polar surface area (TPSA) is 59.8 Å². The minimum absolute atomic E-state index is 0.148. The molecule has 6 heteroatoms. The number of rotatable bonds is 4. The lowest BCUT2D eigenvalue weighted by molar-refractivity contribution is 0.708. The molecule has 0 aliphatic rings. The maximum atomic E-state index is 11.7. The lowest BCUT2D eigenvalue weighted by atomic mass is 10.1. The van der Waals surface area contributed by atoms with Crippen LogP contribution in [0.15, 0.2) is 59.8 Å². The fraction of sp³-hybridized carbons (Fsp3) is 0.118. The highest BCUT2D eigenvalue weighted by Crippen LogP contribution is 2.20. The molecule has 0 amide bonds. The molecule has 23 heavy (non-hydrogen) atoms. The summed E-state index contributed by atoms with van der Waals surface area (Å²) in [6.07, 6.45) is 5.13. The first-order chi connectivity index (χ1) is 11.1. The Morgan fingerprint density at radius 2 is 1.91 bits per heavy atom. The van der Waals surface area contributed by atoms with Gasteiger partial charge in [0, 0.05) is 26.0 Å². The second-order valence-corrected chi connectivity index (χ2v) is 5.47. The molecular formula is C17H15ClN4O. The van der Waals surface area contributed by atoms with E-state index in [2.05, 4.69) is 15.4 Å². The molecule has 0 spiro atoms. The molecular weight excluding hydrogens is 312 g/mol. The molecule has 0 aliphatic heterocycles. The number of nitrogens with zero attached hydrogens (tertiary/aromatic N) is 3. The third-order valence-electron chi connectivity index (χ3n) is 3.51. The number of aryl methyl sites for hydroxylation is 1. The van der Waals surface area contributed by atoms with Crippen LogP contribution in [-0.2, 0) is 13.6 Å². The van der Waals surface area contributed by atoms with Gasteiger partial charge in [0.25, 0.3) is 5.56 Å².